The number of aliphatic hydroxyl groups excluding tert-OH is 1. The zero-order valence-electron chi connectivity index (χ0n) is 9.49. The summed E-state index contributed by atoms with van der Waals surface area (Å²) in [4.78, 5) is 12.5. The third kappa shape index (κ3) is 4.12. The zero-order chi connectivity index (χ0) is 13.7. The van der Waals surface area contributed by atoms with Gasteiger partial charge in [-0.1, -0.05) is 11.6 Å². The van der Waals surface area contributed by atoms with Gasteiger partial charge < -0.3 is 10.4 Å². The Morgan fingerprint density at radius 3 is 2.78 bits per heavy atom. The van der Waals surface area contributed by atoms with Crippen LogP contribution in [0.5, 0.6) is 0 Å². The van der Waals surface area contributed by atoms with Crippen molar-refractivity contribution in [2.24, 2.45) is 0 Å². The summed E-state index contributed by atoms with van der Waals surface area (Å²) in [6.45, 7) is -0.518. The van der Waals surface area contributed by atoms with Crippen LogP contribution in [-0.2, 0) is 0 Å². The van der Waals surface area contributed by atoms with E-state index in [1.165, 1.54) is 11.8 Å². The lowest BCUT2D eigenvalue weighted by Gasteiger charge is -2.11. The fraction of sp³-hybridized carbons (Fsp3) is 0.364. The number of carbonyl (C=O) groups is 1. The highest BCUT2D eigenvalue weighted by molar-refractivity contribution is 7.98. The molecule has 0 saturated heterocycles. The first kappa shape index (κ1) is 15.2. The lowest BCUT2D eigenvalue weighted by Crippen LogP contribution is -2.35. The summed E-state index contributed by atoms with van der Waals surface area (Å²) in [5, 5.41) is 11.3. The van der Waals surface area contributed by atoms with Crippen LogP contribution in [0, 0.1) is 0 Å². The molecule has 0 saturated carbocycles. The minimum atomic E-state index is -2.89. The van der Waals surface area contributed by atoms with E-state index in [1.807, 2.05) is 6.26 Å². The average Bonchev–Trinajstić information content (AvgIpc) is 2.35. The van der Waals surface area contributed by atoms with Crippen molar-refractivity contribution in [2.75, 3.05) is 12.8 Å². The van der Waals surface area contributed by atoms with Crippen LogP contribution >= 0.6 is 23.4 Å². The number of halogens is 3. The molecule has 0 aromatic heterocycles. The molecule has 0 radical (unpaired) electrons. The summed E-state index contributed by atoms with van der Waals surface area (Å²) in [6.07, 6.45) is -2.93. The maximum atomic E-state index is 12.0. The SMILES string of the molecule is CSc1ccc(Cl)c(C(=O)NCC(O)C(F)F)c1. The van der Waals surface area contributed by atoms with Gasteiger partial charge in [-0.25, -0.2) is 8.78 Å². The second-order valence-corrected chi connectivity index (χ2v) is 4.74. The molecule has 0 bridgehead atoms. The van der Waals surface area contributed by atoms with Crippen molar-refractivity contribution in [1.29, 1.82) is 0 Å². The molecule has 2 N–H and O–H groups in total. The number of nitrogens with one attached hydrogen (secondary N) is 1. The minimum absolute atomic E-state index is 0.199. The van der Waals surface area contributed by atoms with E-state index in [0.717, 1.165) is 4.90 Å². The van der Waals surface area contributed by atoms with Crippen LogP contribution in [-0.4, -0.2) is 36.3 Å². The van der Waals surface area contributed by atoms with E-state index < -0.39 is 25.0 Å². The van der Waals surface area contributed by atoms with Crippen molar-refractivity contribution in [3.63, 3.8) is 0 Å². The van der Waals surface area contributed by atoms with Gasteiger partial charge in [0.05, 0.1) is 10.6 Å². The van der Waals surface area contributed by atoms with Crippen LogP contribution in [0.2, 0.25) is 5.02 Å². The number of alkyl halides is 2. The van der Waals surface area contributed by atoms with Gasteiger partial charge in [0.2, 0.25) is 0 Å². The van der Waals surface area contributed by atoms with Gasteiger partial charge in [0.1, 0.15) is 6.10 Å². The summed E-state index contributed by atoms with van der Waals surface area (Å²) in [5.41, 5.74) is 0.199. The molecule has 1 atom stereocenters. The van der Waals surface area contributed by atoms with Crippen molar-refractivity contribution in [1.82, 2.24) is 5.32 Å². The Kier molecular flexibility index (Phi) is 5.84. The fourth-order valence-corrected chi connectivity index (χ4v) is 1.83. The van der Waals surface area contributed by atoms with Crippen LogP contribution < -0.4 is 5.32 Å². The Bertz CT molecular complexity index is 432. The molecule has 18 heavy (non-hydrogen) atoms. The number of amides is 1. The van der Waals surface area contributed by atoms with Crippen LogP contribution in [0.15, 0.2) is 23.1 Å². The average molecular weight is 296 g/mol. The summed E-state index contributed by atoms with van der Waals surface area (Å²) >= 11 is 7.28. The minimum Gasteiger partial charge on any atom is -0.385 e. The molecule has 1 aromatic rings. The first-order valence-corrected chi connectivity index (χ1v) is 6.64. The number of hydrogen-bond donors (Lipinski definition) is 2. The molecular weight excluding hydrogens is 284 g/mol. The van der Waals surface area contributed by atoms with E-state index in [4.69, 9.17) is 16.7 Å². The predicted octanol–water partition coefficient (Wildman–Crippen LogP) is 2.42. The second kappa shape index (κ2) is 6.92. The standard InChI is InChI=1S/C11H12ClF2NO2S/c1-18-6-2-3-8(12)7(4-6)11(17)15-5-9(16)10(13)14/h2-4,9-10,16H,5H2,1H3,(H,15,17). The Hall–Kier alpha value is -0.850. The summed E-state index contributed by atoms with van der Waals surface area (Å²) in [6, 6.07) is 4.88. The fourth-order valence-electron chi connectivity index (χ4n) is 1.19. The van der Waals surface area contributed by atoms with Gasteiger partial charge in [-0.2, -0.15) is 0 Å². The number of rotatable bonds is 5. The molecule has 1 amide bonds. The molecule has 100 valence electrons. The van der Waals surface area contributed by atoms with E-state index >= 15 is 0 Å². The predicted molar refractivity (Wildman–Crippen MR) is 67.6 cm³/mol. The van der Waals surface area contributed by atoms with Gasteiger partial charge >= 0.3 is 0 Å². The molecule has 1 unspecified atom stereocenters. The van der Waals surface area contributed by atoms with Gasteiger partial charge in [0.25, 0.3) is 12.3 Å². The summed E-state index contributed by atoms with van der Waals surface area (Å²) in [7, 11) is 0. The second-order valence-electron chi connectivity index (χ2n) is 3.46. The van der Waals surface area contributed by atoms with E-state index in [-0.39, 0.29) is 10.6 Å². The zero-order valence-corrected chi connectivity index (χ0v) is 11.1. The van der Waals surface area contributed by atoms with E-state index in [1.54, 1.807) is 18.2 Å². The molecule has 3 nitrogen and oxygen atoms in total. The van der Waals surface area contributed by atoms with Gasteiger partial charge in [0.15, 0.2) is 0 Å². The molecule has 1 rings (SSSR count). The van der Waals surface area contributed by atoms with Crippen molar-refractivity contribution >= 4 is 29.3 Å². The van der Waals surface area contributed by atoms with E-state index in [0.29, 0.717) is 0 Å². The molecule has 0 aliphatic rings. The highest BCUT2D eigenvalue weighted by Gasteiger charge is 2.18. The van der Waals surface area contributed by atoms with Crippen LogP contribution in [0.1, 0.15) is 10.4 Å². The topological polar surface area (TPSA) is 49.3 Å². The van der Waals surface area contributed by atoms with Gasteiger partial charge in [-0.3, -0.25) is 4.79 Å². The first-order chi connectivity index (χ1) is 8.45. The van der Waals surface area contributed by atoms with Gasteiger partial charge in [-0.05, 0) is 24.5 Å². The molecule has 1 aromatic carbocycles. The Labute approximate surface area is 113 Å². The maximum Gasteiger partial charge on any atom is 0.265 e. The molecule has 0 spiro atoms. The Morgan fingerprint density at radius 2 is 2.22 bits per heavy atom. The number of benzene rings is 1. The lowest BCUT2D eigenvalue weighted by atomic mass is 10.2. The highest BCUT2D eigenvalue weighted by atomic mass is 35.5. The van der Waals surface area contributed by atoms with Gasteiger partial charge in [-0.15, -0.1) is 11.8 Å². The lowest BCUT2D eigenvalue weighted by molar-refractivity contribution is -0.00270. The van der Waals surface area contributed by atoms with Gasteiger partial charge in [0, 0.05) is 11.4 Å². The molecule has 0 heterocycles. The number of thioether (sulfide) groups is 1. The number of hydrogen-bond acceptors (Lipinski definition) is 3. The Morgan fingerprint density at radius 1 is 1.56 bits per heavy atom. The van der Waals surface area contributed by atoms with Crippen molar-refractivity contribution in [3.05, 3.63) is 28.8 Å². The molecule has 0 aliphatic carbocycles. The normalized spacial score (nSPS) is 12.6. The molecule has 7 heteroatoms. The molecule has 0 aliphatic heterocycles. The third-order valence-corrected chi connectivity index (χ3v) is 3.24. The van der Waals surface area contributed by atoms with E-state index in [9.17, 15) is 13.6 Å². The van der Waals surface area contributed by atoms with Crippen molar-refractivity contribution in [3.8, 4) is 0 Å². The smallest absolute Gasteiger partial charge is 0.265 e. The van der Waals surface area contributed by atoms with Crippen molar-refractivity contribution in [2.45, 2.75) is 17.4 Å². The number of aliphatic hydroxyl groups is 1. The van der Waals surface area contributed by atoms with Crippen LogP contribution in [0.25, 0.3) is 0 Å². The number of carbonyl (C=O) groups excluding carboxylic acids is 1. The van der Waals surface area contributed by atoms with Crippen molar-refractivity contribution < 1.29 is 18.7 Å². The third-order valence-electron chi connectivity index (χ3n) is 2.18. The maximum absolute atomic E-state index is 12.0. The molecule has 0 fully saturated rings. The first-order valence-electron chi connectivity index (χ1n) is 5.03. The van der Waals surface area contributed by atoms with Crippen LogP contribution in [0.4, 0.5) is 8.78 Å². The van der Waals surface area contributed by atoms with Crippen LogP contribution in [0.3, 0.4) is 0 Å². The summed E-state index contributed by atoms with van der Waals surface area (Å²) < 4.78 is 24.1. The summed E-state index contributed by atoms with van der Waals surface area (Å²) in [5.74, 6) is -0.587. The molecular formula is C11H12ClF2NO2S. The monoisotopic (exact) mass is 295 g/mol. The Balaban J connectivity index is 2.72. The quantitative estimate of drug-likeness (QED) is 0.820. The highest BCUT2D eigenvalue weighted by Crippen LogP contribution is 2.22. The largest absolute Gasteiger partial charge is 0.385 e. The van der Waals surface area contributed by atoms with E-state index in [2.05, 4.69) is 5.32 Å².